The molecule has 1 heterocycles. The van der Waals surface area contributed by atoms with E-state index in [1.807, 2.05) is 12.1 Å². The van der Waals surface area contributed by atoms with E-state index < -0.39 is 0 Å². The molecule has 1 saturated carbocycles. The first-order chi connectivity index (χ1) is 15.7. The summed E-state index contributed by atoms with van der Waals surface area (Å²) in [5.74, 6) is 3.12. The van der Waals surface area contributed by atoms with Crippen LogP contribution in [0.1, 0.15) is 42.4 Å². The predicted molar refractivity (Wildman–Crippen MR) is 127 cm³/mol. The Morgan fingerprint density at radius 2 is 1.81 bits per heavy atom. The monoisotopic (exact) mass is 437 g/mol. The molecule has 0 bridgehead atoms. The van der Waals surface area contributed by atoms with Gasteiger partial charge < -0.3 is 24.8 Å². The summed E-state index contributed by atoms with van der Waals surface area (Å²) in [7, 11) is 1.79. The lowest BCUT2D eigenvalue weighted by molar-refractivity contribution is 0.119. The molecule has 0 radical (unpaired) electrons. The number of benzene rings is 2. The van der Waals surface area contributed by atoms with Gasteiger partial charge in [-0.3, -0.25) is 4.99 Å². The van der Waals surface area contributed by atoms with Crippen molar-refractivity contribution in [2.75, 3.05) is 26.9 Å². The van der Waals surface area contributed by atoms with Gasteiger partial charge >= 0.3 is 0 Å². The van der Waals surface area contributed by atoms with Gasteiger partial charge in [0, 0.05) is 43.8 Å². The summed E-state index contributed by atoms with van der Waals surface area (Å²) in [5, 5.41) is 6.83. The van der Waals surface area contributed by atoms with E-state index in [-0.39, 0.29) is 0 Å². The Hall–Kier alpha value is -2.73. The lowest BCUT2D eigenvalue weighted by Gasteiger charge is -2.27. The second-order valence-electron chi connectivity index (χ2n) is 8.71. The zero-order valence-electron chi connectivity index (χ0n) is 19.2. The molecule has 2 aromatic carbocycles. The summed E-state index contributed by atoms with van der Waals surface area (Å²) in [4.78, 5) is 4.39. The number of para-hydroxylation sites is 1. The highest BCUT2D eigenvalue weighted by atomic mass is 16.5. The largest absolute Gasteiger partial charge is 0.493 e. The molecule has 1 atom stereocenters. The molecule has 6 nitrogen and oxygen atoms in total. The molecule has 0 aromatic heterocycles. The third-order valence-corrected chi connectivity index (χ3v) is 6.16. The van der Waals surface area contributed by atoms with Gasteiger partial charge in [0.05, 0.1) is 19.3 Å². The van der Waals surface area contributed by atoms with Crippen LogP contribution in [0.5, 0.6) is 11.5 Å². The molecule has 2 aromatic rings. The first-order valence-electron chi connectivity index (χ1n) is 11.7. The molecule has 1 saturated heterocycles. The SMILES string of the molecule is CN=C(NCc1ccc(C)cc1OCC1CCOC1)NCc1ccccc1OC1CCC1. The highest BCUT2D eigenvalue weighted by Gasteiger charge is 2.20. The molecule has 1 unspecified atom stereocenters. The van der Waals surface area contributed by atoms with Crippen LogP contribution < -0.4 is 20.1 Å². The van der Waals surface area contributed by atoms with E-state index in [2.05, 4.69) is 52.9 Å². The highest BCUT2D eigenvalue weighted by Crippen LogP contribution is 2.27. The molecule has 2 N–H and O–H groups in total. The maximum atomic E-state index is 6.17. The van der Waals surface area contributed by atoms with Gasteiger partial charge in [-0.15, -0.1) is 0 Å². The number of nitrogens with one attached hydrogen (secondary N) is 2. The van der Waals surface area contributed by atoms with E-state index in [1.165, 1.54) is 12.0 Å². The van der Waals surface area contributed by atoms with Crippen LogP contribution in [0.25, 0.3) is 0 Å². The van der Waals surface area contributed by atoms with E-state index in [0.717, 1.165) is 61.1 Å². The van der Waals surface area contributed by atoms with Crippen LogP contribution in [0.15, 0.2) is 47.5 Å². The minimum atomic E-state index is 0.365. The van der Waals surface area contributed by atoms with Gasteiger partial charge in [0.1, 0.15) is 11.5 Å². The second-order valence-corrected chi connectivity index (χ2v) is 8.71. The summed E-state index contributed by atoms with van der Waals surface area (Å²) in [6, 6.07) is 14.6. The number of hydrogen-bond acceptors (Lipinski definition) is 4. The van der Waals surface area contributed by atoms with E-state index in [4.69, 9.17) is 14.2 Å². The summed E-state index contributed by atoms with van der Waals surface area (Å²) in [5.41, 5.74) is 3.45. The molecule has 6 heteroatoms. The average molecular weight is 438 g/mol. The van der Waals surface area contributed by atoms with Crippen molar-refractivity contribution in [2.45, 2.75) is 51.8 Å². The molecule has 1 aliphatic heterocycles. The zero-order chi connectivity index (χ0) is 22.2. The van der Waals surface area contributed by atoms with E-state index in [0.29, 0.717) is 31.7 Å². The number of aliphatic imine (C=N–C) groups is 1. The van der Waals surface area contributed by atoms with Crippen molar-refractivity contribution in [3.8, 4) is 11.5 Å². The summed E-state index contributed by atoms with van der Waals surface area (Å²) >= 11 is 0. The fourth-order valence-electron chi connectivity index (χ4n) is 3.88. The van der Waals surface area contributed by atoms with Crippen molar-refractivity contribution in [3.05, 3.63) is 59.2 Å². The lowest BCUT2D eigenvalue weighted by atomic mass is 9.96. The van der Waals surface area contributed by atoms with Crippen LogP contribution in [-0.2, 0) is 17.8 Å². The van der Waals surface area contributed by atoms with Crippen LogP contribution in [0.3, 0.4) is 0 Å². The topological polar surface area (TPSA) is 64.1 Å². The van der Waals surface area contributed by atoms with Gasteiger partial charge in [-0.2, -0.15) is 0 Å². The predicted octanol–water partition coefficient (Wildman–Crippen LogP) is 4.21. The summed E-state index contributed by atoms with van der Waals surface area (Å²) < 4.78 is 17.8. The van der Waals surface area contributed by atoms with Crippen molar-refractivity contribution < 1.29 is 14.2 Å². The van der Waals surface area contributed by atoms with Crippen LogP contribution in [-0.4, -0.2) is 38.9 Å². The Kier molecular flexibility index (Phi) is 7.88. The normalized spacial score (nSPS) is 18.8. The Morgan fingerprint density at radius 3 is 2.50 bits per heavy atom. The molecule has 32 heavy (non-hydrogen) atoms. The van der Waals surface area contributed by atoms with Crippen LogP contribution in [0.4, 0.5) is 0 Å². The Morgan fingerprint density at radius 1 is 1.03 bits per heavy atom. The number of aryl methyl sites for hydroxylation is 1. The van der Waals surface area contributed by atoms with Crippen molar-refractivity contribution in [3.63, 3.8) is 0 Å². The lowest BCUT2D eigenvalue weighted by Crippen LogP contribution is -2.36. The fourth-order valence-corrected chi connectivity index (χ4v) is 3.88. The molecule has 4 rings (SSSR count). The molecule has 0 spiro atoms. The van der Waals surface area contributed by atoms with Crippen molar-refractivity contribution >= 4 is 5.96 Å². The molecule has 0 amide bonds. The van der Waals surface area contributed by atoms with Crippen LogP contribution in [0.2, 0.25) is 0 Å². The molecule has 1 aliphatic carbocycles. The van der Waals surface area contributed by atoms with Gasteiger partial charge in [0.15, 0.2) is 5.96 Å². The van der Waals surface area contributed by atoms with Crippen LogP contribution >= 0.6 is 0 Å². The zero-order valence-corrected chi connectivity index (χ0v) is 19.2. The smallest absolute Gasteiger partial charge is 0.191 e. The van der Waals surface area contributed by atoms with Crippen LogP contribution in [0, 0.1) is 12.8 Å². The van der Waals surface area contributed by atoms with Crippen molar-refractivity contribution in [1.29, 1.82) is 0 Å². The molecular weight excluding hydrogens is 402 g/mol. The Bertz CT molecular complexity index is 905. The molecule has 2 fully saturated rings. The highest BCUT2D eigenvalue weighted by molar-refractivity contribution is 5.79. The van der Waals surface area contributed by atoms with Gasteiger partial charge in [-0.1, -0.05) is 30.3 Å². The first kappa shape index (κ1) is 22.5. The Balaban J connectivity index is 1.32. The maximum Gasteiger partial charge on any atom is 0.191 e. The fraction of sp³-hybridized carbons (Fsp3) is 0.500. The third-order valence-electron chi connectivity index (χ3n) is 6.16. The maximum absolute atomic E-state index is 6.17. The second kappa shape index (κ2) is 11.2. The van der Waals surface area contributed by atoms with Crippen molar-refractivity contribution in [2.24, 2.45) is 10.9 Å². The summed E-state index contributed by atoms with van der Waals surface area (Å²) in [6.45, 7) is 5.71. The molecule has 2 aliphatic rings. The quantitative estimate of drug-likeness (QED) is 0.455. The van der Waals surface area contributed by atoms with E-state index in [9.17, 15) is 0 Å². The first-order valence-corrected chi connectivity index (χ1v) is 11.7. The Labute approximate surface area is 191 Å². The van der Waals surface area contributed by atoms with E-state index in [1.54, 1.807) is 7.05 Å². The number of rotatable bonds is 9. The van der Waals surface area contributed by atoms with Crippen molar-refractivity contribution in [1.82, 2.24) is 10.6 Å². The van der Waals surface area contributed by atoms with E-state index >= 15 is 0 Å². The number of guanidine groups is 1. The number of ether oxygens (including phenoxy) is 3. The van der Waals surface area contributed by atoms with Gasteiger partial charge in [-0.05, 0) is 50.3 Å². The van der Waals surface area contributed by atoms with Gasteiger partial charge in [0.25, 0.3) is 0 Å². The summed E-state index contributed by atoms with van der Waals surface area (Å²) in [6.07, 6.45) is 5.01. The third kappa shape index (κ3) is 6.16. The standard InChI is InChI=1S/C26H35N3O3/c1-19-10-11-22(25(14-19)31-18-20-12-13-30-17-20)16-29-26(27-2)28-15-21-6-3-4-9-24(21)32-23-7-5-8-23/h3-4,6,9-11,14,20,23H,5,7-8,12-13,15-18H2,1-2H3,(H2,27,28,29). The molecular formula is C26H35N3O3. The molecule has 172 valence electrons. The van der Waals surface area contributed by atoms with Gasteiger partial charge in [0.2, 0.25) is 0 Å². The van der Waals surface area contributed by atoms with Gasteiger partial charge in [-0.25, -0.2) is 0 Å². The number of nitrogens with zero attached hydrogens (tertiary/aromatic N) is 1. The number of hydrogen-bond donors (Lipinski definition) is 2. The minimum absolute atomic E-state index is 0.365. The average Bonchev–Trinajstić information content (AvgIpc) is 3.30. The minimum Gasteiger partial charge on any atom is -0.493 e.